The molecule has 1 aromatic rings. The summed E-state index contributed by atoms with van der Waals surface area (Å²) < 4.78 is 18.8. The first-order valence-electron chi connectivity index (χ1n) is 6.07. The number of para-hydroxylation sites is 1. The minimum absolute atomic E-state index is 0.173. The monoisotopic (exact) mass is 284 g/mol. The highest BCUT2D eigenvalue weighted by Gasteiger charge is 2.34. The number of amides is 2. The number of hydrogen-bond donors (Lipinski definition) is 2. The lowest BCUT2D eigenvalue weighted by molar-refractivity contribution is 0.0161. The van der Waals surface area contributed by atoms with Gasteiger partial charge in [-0.25, -0.2) is 9.18 Å². The van der Waals surface area contributed by atoms with E-state index in [-0.39, 0.29) is 11.3 Å². The molecule has 1 aromatic carbocycles. The lowest BCUT2D eigenvalue weighted by Crippen LogP contribution is -2.45. The number of methoxy groups -OCH3 is 1. The van der Waals surface area contributed by atoms with Crippen molar-refractivity contribution in [1.29, 1.82) is 0 Å². The Morgan fingerprint density at radius 2 is 2.32 bits per heavy atom. The number of thioether (sulfide) groups is 1. The van der Waals surface area contributed by atoms with E-state index in [4.69, 9.17) is 4.74 Å². The predicted molar refractivity (Wildman–Crippen MR) is 75.1 cm³/mol. The third-order valence-corrected chi connectivity index (χ3v) is 4.42. The van der Waals surface area contributed by atoms with Crippen LogP contribution in [0.25, 0.3) is 0 Å². The van der Waals surface area contributed by atoms with Gasteiger partial charge in [0.1, 0.15) is 5.82 Å². The van der Waals surface area contributed by atoms with Gasteiger partial charge in [0, 0.05) is 19.4 Å². The molecule has 0 spiro atoms. The Morgan fingerprint density at radius 1 is 1.53 bits per heavy atom. The summed E-state index contributed by atoms with van der Waals surface area (Å²) in [5, 5.41) is 5.23. The average Bonchev–Trinajstić information content (AvgIpc) is 2.89. The van der Waals surface area contributed by atoms with Crippen LogP contribution in [-0.4, -0.2) is 36.8 Å². The van der Waals surface area contributed by atoms with E-state index in [1.165, 1.54) is 12.1 Å². The minimum atomic E-state index is -0.449. The van der Waals surface area contributed by atoms with Crippen LogP contribution < -0.4 is 10.6 Å². The average molecular weight is 284 g/mol. The van der Waals surface area contributed by atoms with Crippen molar-refractivity contribution in [3.63, 3.8) is 0 Å². The van der Waals surface area contributed by atoms with Crippen LogP contribution in [0.15, 0.2) is 24.3 Å². The Kier molecular flexibility index (Phi) is 4.66. The van der Waals surface area contributed by atoms with Crippen molar-refractivity contribution >= 4 is 23.5 Å². The summed E-state index contributed by atoms with van der Waals surface area (Å²) in [5.41, 5.74) is -0.121. The van der Waals surface area contributed by atoms with Crippen molar-refractivity contribution < 1.29 is 13.9 Å². The standard InChI is InChI=1S/C13H17FN2O2S/c1-18-13(6-7-19-9-13)8-15-12(17)16-11-5-3-2-4-10(11)14/h2-5H,6-9H2,1H3,(H2,15,16,17)/t13-/m0/s1. The quantitative estimate of drug-likeness (QED) is 0.893. The smallest absolute Gasteiger partial charge is 0.319 e. The molecule has 0 aliphatic carbocycles. The largest absolute Gasteiger partial charge is 0.376 e. The number of benzene rings is 1. The summed E-state index contributed by atoms with van der Waals surface area (Å²) in [7, 11) is 1.66. The van der Waals surface area contributed by atoms with Crippen molar-refractivity contribution in [1.82, 2.24) is 5.32 Å². The molecule has 0 saturated carbocycles. The third-order valence-electron chi connectivity index (χ3n) is 3.19. The molecule has 0 unspecified atom stereocenters. The highest BCUT2D eigenvalue weighted by molar-refractivity contribution is 7.99. The van der Waals surface area contributed by atoms with Crippen molar-refractivity contribution in [2.24, 2.45) is 0 Å². The van der Waals surface area contributed by atoms with Gasteiger partial charge in [-0.2, -0.15) is 11.8 Å². The van der Waals surface area contributed by atoms with E-state index < -0.39 is 11.8 Å². The highest BCUT2D eigenvalue weighted by atomic mass is 32.2. The van der Waals surface area contributed by atoms with E-state index in [0.717, 1.165) is 17.9 Å². The fraction of sp³-hybridized carbons (Fsp3) is 0.462. The summed E-state index contributed by atoms with van der Waals surface area (Å²) in [6.45, 7) is 0.427. The van der Waals surface area contributed by atoms with Crippen molar-refractivity contribution in [3.8, 4) is 0 Å². The van der Waals surface area contributed by atoms with Crippen molar-refractivity contribution in [3.05, 3.63) is 30.1 Å². The molecule has 2 N–H and O–H groups in total. The fourth-order valence-electron chi connectivity index (χ4n) is 1.93. The Balaban J connectivity index is 1.86. The van der Waals surface area contributed by atoms with Crippen LogP contribution in [0.2, 0.25) is 0 Å². The molecule has 19 heavy (non-hydrogen) atoms. The number of carbonyl (C=O) groups excluding carboxylic acids is 1. The minimum Gasteiger partial charge on any atom is -0.376 e. The molecule has 6 heteroatoms. The normalized spacial score (nSPS) is 22.2. The van der Waals surface area contributed by atoms with Gasteiger partial charge in [-0.05, 0) is 24.3 Å². The number of ether oxygens (including phenoxy) is 1. The molecule has 104 valence electrons. The summed E-state index contributed by atoms with van der Waals surface area (Å²) in [5.74, 6) is 1.45. The summed E-state index contributed by atoms with van der Waals surface area (Å²) >= 11 is 1.81. The molecule has 4 nitrogen and oxygen atoms in total. The topological polar surface area (TPSA) is 50.4 Å². The van der Waals surface area contributed by atoms with Crippen LogP contribution in [0.5, 0.6) is 0 Å². The van der Waals surface area contributed by atoms with Crippen molar-refractivity contribution in [2.75, 3.05) is 30.5 Å². The number of anilines is 1. The maximum Gasteiger partial charge on any atom is 0.319 e. The molecule has 2 amide bonds. The highest BCUT2D eigenvalue weighted by Crippen LogP contribution is 2.30. The van der Waals surface area contributed by atoms with Gasteiger partial charge in [0.05, 0.1) is 11.3 Å². The first-order valence-corrected chi connectivity index (χ1v) is 7.23. The second-order valence-corrected chi connectivity index (χ2v) is 5.58. The second kappa shape index (κ2) is 6.25. The van der Waals surface area contributed by atoms with E-state index in [1.807, 2.05) is 0 Å². The van der Waals surface area contributed by atoms with Gasteiger partial charge in [0.15, 0.2) is 0 Å². The molecule has 1 heterocycles. The number of halogens is 1. The Hall–Kier alpha value is -1.27. The lowest BCUT2D eigenvalue weighted by atomic mass is 10.0. The summed E-state index contributed by atoms with van der Waals surface area (Å²) in [6.07, 6.45) is 0.911. The number of hydrogen-bond acceptors (Lipinski definition) is 3. The maximum atomic E-state index is 13.4. The molecular formula is C13H17FN2O2S. The predicted octanol–water partition coefficient (Wildman–Crippen LogP) is 2.47. The molecule has 1 atom stereocenters. The molecule has 1 aliphatic heterocycles. The number of carbonyl (C=O) groups is 1. The van der Waals surface area contributed by atoms with Crippen LogP contribution in [0, 0.1) is 5.82 Å². The number of nitrogens with one attached hydrogen (secondary N) is 2. The molecule has 1 fully saturated rings. The van der Waals surface area contributed by atoms with Crippen LogP contribution >= 0.6 is 11.8 Å². The van der Waals surface area contributed by atoms with Gasteiger partial charge in [-0.3, -0.25) is 0 Å². The zero-order valence-electron chi connectivity index (χ0n) is 10.7. The van der Waals surface area contributed by atoms with Crippen LogP contribution in [0.3, 0.4) is 0 Å². The van der Waals surface area contributed by atoms with Gasteiger partial charge in [0.2, 0.25) is 0 Å². The Bertz CT molecular complexity index is 450. The van der Waals surface area contributed by atoms with E-state index in [1.54, 1.807) is 31.0 Å². The van der Waals surface area contributed by atoms with Crippen molar-refractivity contribution in [2.45, 2.75) is 12.0 Å². The molecular weight excluding hydrogens is 267 g/mol. The van der Waals surface area contributed by atoms with Gasteiger partial charge in [-0.1, -0.05) is 12.1 Å². The van der Waals surface area contributed by atoms with Crippen LogP contribution in [0.1, 0.15) is 6.42 Å². The fourth-order valence-corrected chi connectivity index (χ4v) is 3.33. The van der Waals surface area contributed by atoms with Gasteiger partial charge in [0.25, 0.3) is 0 Å². The first kappa shape index (κ1) is 14.1. The first-order chi connectivity index (χ1) is 9.15. The van der Waals surface area contributed by atoms with Crippen LogP contribution in [-0.2, 0) is 4.74 Å². The molecule has 1 aliphatic rings. The van der Waals surface area contributed by atoms with Gasteiger partial charge in [-0.15, -0.1) is 0 Å². The Labute approximate surface area is 116 Å². The van der Waals surface area contributed by atoms with Crippen LogP contribution in [0.4, 0.5) is 14.9 Å². The molecule has 0 radical (unpaired) electrons. The lowest BCUT2D eigenvalue weighted by Gasteiger charge is -2.26. The van der Waals surface area contributed by atoms with E-state index >= 15 is 0 Å². The van der Waals surface area contributed by atoms with Gasteiger partial charge >= 0.3 is 6.03 Å². The maximum absolute atomic E-state index is 13.4. The van der Waals surface area contributed by atoms with Gasteiger partial charge < -0.3 is 15.4 Å². The van der Waals surface area contributed by atoms with E-state index in [0.29, 0.717) is 6.54 Å². The molecule has 0 aromatic heterocycles. The zero-order chi connectivity index (χ0) is 13.7. The summed E-state index contributed by atoms with van der Waals surface area (Å²) in [6, 6.07) is 5.65. The van der Waals surface area contributed by atoms with E-state index in [2.05, 4.69) is 10.6 Å². The molecule has 1 saturated heterocycles. The molecule has 2 rings (SSSR count). The summed E-state index contributed by atoms with van der Waals surface area (Å²) in [4.78, 5) is 11.7. The third kappa shape index (κ3) is 3.61. The van der Waals surface area contributed by atoms with E-state index in [9.17, 15) is 9.18 Å². The molecule has 0 bridgehead atoms. The number of urea groups is 1. The second-order valence-electron chi connectivity index (χ2n) is 4.48. The Morgan fingerprint density at radius 3 is 2.95 bits per heavy atom. The SMILES string of the molecule is CO[C@]1(CNC(=O)Nc2ccccc2F)CCSC1. The number of rotatable bonds is 4. The zero-order valence-corrected chi connectivity index (χ0v) is 11.6.